The van der Waals surface area contributed by atoms with E-state index in [4.69, 9.17) is 4.74 Å². The van der Waals surface area contributed by atoms with Gasteiger partial charge in [-0.3, -0.25) is 4.79 Å². The SMILES string of the molecule is CCCCCCCCCCCCCCCCCC/C=C/CC(=O)OCCS. The Morgan fingerprint density at radius 2 is 1.15 bits per heavy atom. The van der Waals surface area contributed by atoms with Crippen molar-refractivity contribution in [2.75, 3.05) is 12.4 Å². The third-order valence-corrected chi connectivity index (χ3v) is 5.21. The van der Waals surface area contributed by atoms with Crippen LogP contribution in [0.4, 0.5) is 0 Å². The van der Waals surface area contributed by atoms with Crippen LogP contribution in [0.25, 0.3) is 0 Å². The summed E-state index contributed by atoms with van der Waals surface area (Å²) in [5, 5.41) is 0. The Bertz CT molecular complexity index is 328. The summed E-state index contributed by atoms with van der Waals surface area (Å²) in [6.45, 7) is 2.70. The predicted octanol–water partition coefficient (Wildman–Crippen LogP) is 8.06. The van der Waals surface area contributed by atoms with Gasteiger partial charge in [-0.1, -0.05) is 115 Å². The van der Waals surface area contributed by atoms with Gasteiger partial charge in [-0.2, -0.15) is 12.6 Å². The van der Waals surface area contributed by atoms with Crippen molar-refractivity contribution in [1.29, 1.82) is 0 Å². The molecule has 0 N–H and O–H groups in total. The van der Waals surface area contributed by atoms with Crippen LogP contribution in [0.1, 0.15) is 122 Å². The molecule has 0 aliphatic heterocycles. The summed E-state index contributed by atoms with van der Waals surface area (Å²) in [6.07, 6.45) is 28.0. The fourth-order valence-corrected chi connectivity index (χ4v) is 3.42. The molecule has 0 aromatic carbocycles. The second kappa shape index (κ2) is 23.6. The number of carbonyl (C=O) groups excluding carboxylic acids is 1. The molecule has 0 aromatic rings. The second-order valence-electron chi connectivity index (χ2n) is 7.71. The number of unbranched alkanes of at least 4 members (excludes halogenated alkanes) is 16. The van der Waals surface area contributed by atoms with Crippen LogP contribution in [-0.4, -0.2) is 18.3 Å². The normalized spacial score (nSPS) is 11.3. The molecule has 0 amide bonds. The molecule has 0 aliphatic carbocycles. The van der Waals surface area contributed by atoms with Crippen molar-refractivity contribution in [3.63, 3.8) is 0 Å². The first-order chi connectivity index (χ1) is 13.3. The van der Waals surface area contributed by atoms with Crippen LogP contribution in [0.3, 0.4) is 0 Å². The van der Waals surface area contributed by atoms with Crippen molar-refractivity contribution in [1.82, 2.24) is 0 Å². The zero-order chi connectivity index (χ0) is 19.8. The van der Waals surface area contributed by atoms with Gasteiger partial charge in [0.25, 0.3) is 0 Å². The highest BCUT2D eigenvalue weighted by atomic mass is 32.1. The highest BCUT2D eigenvalue weighted by Gasteiger charge is 1.97. The molecule has 0 radical (unpaired) electrons. The highest BCUT2D eigenvalue weighted by Crippen LogP contribution is 2.14. The van der Waals surface area contributed by atoms with E-state index in [1.807, 2.05) is 6.08 Å². The van der Waals surface area contributed by atoms with Crippen LogP contribution in [0.5, 0.6) is 0 Å². The van der Waals surface area contributed by atoms with Gasteiger partial charge in [0.15, 0.2) is 0 Å². The van der Waals surface area contributed by atoms with Gasteiger partial charge in [-0.15, -0.1) is 0 Å². The molecule has 0 atom stereocenters. The number of rotatable bonds is 21. The number of carbonyl (C=O) groups is 1. The fourth-order valence-electron chi connectivity index (χ4n) is 3.33. The summed E-state index contributed by atoms with van der Waals surface area (Å²) in [6, 6.07) is 0. The van der Waals surface area contributed by atoms with Crippen LogP contribution in [-0.2, 0) is 9.53 Å². The Kier molecular flexibility index (Phi) is 23.2. The lowest BCUT2D eigenvalue weighted by atomic mass is 10.0. The smallest absolute Gasteiger partial charge is 0.309 e. The molecule has 160 valence electrons. The van der Waals surface area contributed by atoms with E-state index in [-0.39, 0.29) is 5.97 Å². The molecule has 0 saturated carbocycles. The number of hydrogen-bond donors (Lipinski definition) is 1. The number of ether oxygens (including phenoxy) is 1. The minimum Gasteiger partial charge on any atom is -0.465 e. The van der Waals surface area contributed by atoms with Gasteiger partial charge in [0.05, 0.1) is 6.42 Å². The summed E-state index contributed by atoms with van der Waals surface area (Å²) >= 11 is 4.01. The summed E-state index contributed by atoms with van der Waals surface area (Å²) in [4.78, 5) is 11.3. The van der Waals surface area contributed by atoms with Crippen LogP contribution >= 0.6 is 12.6 Å². The summed E-state index contributed by atoms with van der Waals surface area (Å²) in [7, 11) is 0. The molecule has 0 rings (SSSR count). The number of thiol groups is 1. The molecule has 2 nitrogen and oxygen atoms in total. The van der Waals surface area contributed by atoms with E-state index in [9.17, 15) is 4.79 Å². The van der Waals surface area contributed by atoms with Gasteiger partial charge in [-0.05, 0) is 12.8 Å². The highest BCUT2D eigenvalue weighted by molar-refractivity contribution is 7.80. The third-order valence-electron chi connectivity index (χ3n) is 5.03. The first-order valence-corrected chi connectivity index (χ1v) is 12.4. The topological polar surface area (TPSA) is 26.3 Å². The van der Waals surface area contributed by atoms with Gasteiger partial charge in [0.2, 0.25) is 0 Å². The molecule has 0 heterocycles. The van der Waals surface area contributed by atoms with E-state index in [2.05, 4.69) is 25.6 Å². The number of esters is 1. The largest absolute Gasteiger partial charge is 0.465 e. The van der Waals surface area contributed by atoms with Crippen LogP contribution in [0, 0.1) is 0 Å². The molecular formula is C24H46O2S. The van der Waals surface area contributed by atoms with E-state index < -0.39 is 0 Å². The quantitative estimate of drug-likeness (QED) is 0.0915. The number of hydrogen-bond acceptors (Lipinski definition) is 3. The standard InChI is InChI=1S/C24H46O2S/c1-2-3-4-5-6-7-8-9-10-11-12-13-14-15-16-17-18-19-20-21-24(25)26-22-23-27/h19-20,27H,2-18,21-23H2,1H3/b20-19+. The molecule has 0 spiro atoms. The van der Waals surface area contributed by atoms with E-state index in [0.717, 1.165) is 6.42 Å². The van der Waals surface area contributed by atoms with Crippen LogP contribution < -0.4 is 0 Å². The monoisotopic (exact) mass is 398 g/mol. The fraction of sp³-hybridized carbons (Fsp3) is 0.875. The van der Waals surface area contributed by atoms with E-state index in [1.54, 1.807) is 0 Å². The first-order valence-electron chi connectivity index (χ1n) is 11.7. The zero-order valence-electron chi connectivity index (χ0n) is 18.1. The van der Waals surface area contributed by atoms with Crippen molar-refractivity contribution >= 4 is 18.6 Å². The lowest BCUT2D eigenvalue weighted by Gasteiger charge is -2.03. The Morgan fingerprint density at radius 3 is 1.59 bits per heavy atom. The van der Waals surface area contributed by atoms with Gasteiger partial charge in [-0.25, -0.2) is 0 Å². The van der Waals surface area contributed by atoms with E-state index >= 15 is 0 Å². The van der Waals surface area contributed by atoms with Crippen molar-refractivity contribution in [2.45, 2.75) is 122 Å². The van der Waals surface area contributed by atoms with Gasteiger partial charge in [0, 0.05) is 5.75 Å². The summed E-state index contributed by atoms with van der Waals surface area (Å²) < 4.78 is 4.96. The molecule has 27 heavy (non-hydrogen) atoms. The molecule has 3 heteroatoms. The van der Waals surface area contributed by atoms with E-state index in [1.165, 1.54) is 103 Å². The zero-order valence-corrected chi connectivity index (χ0v) is 19.0. The maximum absolute atomic E-state index is 11.3. The molecular weight excluding hydrogens is 352 g/mol. The predicted molar refractivity (Wildman–Crippen MR) is 123 cm³/mol. The average Bonchev–Trinajstić information content (AvgIpc) is 2.68. The molecule has 0 aromatic heterocycles. The van der Waals surface area contributed by atoms with Crippen LogP contribution in [0.15, 0.2) is 12.2 Å². The molecule has 0 aliphatic rings. The van der Waals surface area contributed by atoms with Crippen molar-refractivity contribution < 1.29 is 9.53 Å². The van der Waals surface area contributed by atoms with Gasteiger partial charge in [0.1, 0.15) is 6.61 Å². The Morgan fingerprint density at radius 1 is 0.704 bits per heavy atom. The van der Waals surface area contributed by atoms with Gasteiger partial charge < -0.3 is 4.74 Å². The Hall–Kier alpha value is -0.440. The van der Waals surface area contributed by atoms with Crippen LogP contribution in [0.2, 0.25) is 0 Å². The van der Waals surface area contributed by atoms with Crippen molar-refractivity contribution in [3.8, 4) is 0 Å². The maximum atomic E-state index is 11.3. The Balaban J connectivity index is 3.11. The molecule has 0 bridgehead atoms. The molecule has 0 fully saturated rings. The van der Waals surface area contributed by atoms with E-state index in [0.29, 0.717) is 18.8 Å². The van der Waals surface area contributed by atoms with Crippen molar-refractivity contribution in [3.05, 3.63) is 12.2 Å². The summed E-state index contributed by atoms with van der Waals surface area (Å²) in [5.74, 6) is 0.446. The molecule has 0 saturated heterocycles. The maximum Gasteiger partial charge on any atom is 0.309 e. The minimum atomic E-state index is -0.146. The Labute approximate surface area is 175 Å². The lowest BCUT2D eigenvalue weighted by Crippen LogP contribution is -2.04. The number of allylic oxidation sites excluding steroid dienone is 1. The average molecular weight is 399 g/mol. The second-order valence-corrected chi connectivity index (χ2v) is 8.16. The lowest BCUT2D eigenvalue weighted by molar-refractivity contribution is -0.141. The molecule has 0 unspecified atom stereocenters. The minimum absolute atomic E-state index is 0.146. The third kappa shape index (κ3) is 23.5. The van der Waals surface area contributed by atoms with Gasteiger partial charge >= 0.3 is 5.97 Å². The van der Waals surface area contributed by atoms with Crippen molar-refractivity contribution in [2.24, 2.45) is 0 Å². The first kappa shape index (κ1) is 26.6. The summed E-state index contributed by atoms with van der Waals surface area (Å²) in [5.41, 5.74) is 0.